The lowest BCUT2D eigenvalue weighted by atomic mass is 9.72. The monoisotopic (exact) mass is 327 g/mol. The quantitative estimate of drug-likeness (QED) is 0.419. The summed E-state index contributed by atoms with van der Waals surface area (Å²) in [5.74, 6) is 1.88. The number of allylic oxidation sites excluding steroid dienone is 5. The van der Waals surface area contributed by atoms with Crippen LogP contribution in [0.3, 0.4) is 0 Å². The van der Waals surface area contributed by atoms with Crippen molar-refractivity contribution in [2.24, 2.45) is 23.5 Å². The molecule has 1 nitrogen and oxygen atoms in total. The van der Waals surface area contributed by atoms with E-state index in [1.54, 1.807) is 0 Å². The van der Waals surface area contributed by atoms with E-state index in [4.69, 9.17) is 5.73 Å². The first-order chi connectivity index (χ1) is 11.3. The van der Waals surface area contributed by atoms with Crippen molar-refractivity contribution in [1.82, 2.24) is 0 Å². The summed E-state index contributed by atoms with van der Waals surface area (Å²) in [6.45, 7) is 22.2. The van der Waals surface area contributed by atoms with Gasteiger partial charge in [-0.3, -0.25) is 0 Å². The number of nitrogens with two attached hydrogens (primary N) is 1. The molecule has 0 aromatic heterocycles. The normalized spacial score (nSPS) is 21.7. The van der Waals surface area contributed by atoms with Gasteiger partial charge in [0.05, 0.1) is 0 Å². The minimum atomic E-state index is 0.508. The Morgan fingerprint density at radius 3 is 2.29 bits per heavy atom. The summed E-state index contributed by atoms with van der Waals surface area (Å²) in [5, 5.41) is 0. The molecule has 3 unspecified atom stereocenters. The van der Waals surface area contributed by atoms with Crippen molar-refractivity contribution >= 4 is 0 Å². The van der Waals surface area contributed by atoms with Crippen LogP contribution in [0.15, 0.2) is 61.4 Å². The molecule has 24 heavy (non-hydrogen) atoms. The summed E-state index contributed by atoms with van der Waals surface area (Å²) in [4.78, 5) is 0. The van der Waals surface area contributed by atoms with E-state index in [1.807, 2.05) is 13.0 Å². The molecular weight excluding hydrogens is 290 g/mol. The maximum atomic E-state index is 6.09. The van der Waals surface area contributed by atoms with Crippen LogP contribution in [0.1, 0.15) is 64.7 Å². The van der Waals surface area contributed by atoms with Crippen LogP contribution in [0, 0.1) is 17.8 Å². The predicted molar refractivity (Wildman–Crippen MR) is 109 cm³/mol. The zero-order valence-electron chi connectivity index (χ0n) is 15.8. The zero-order chi connectivity index (χ0) is 18.1. The molecule has 1 aliphatic carbocycles. The Bertz CT molecular complexity index is 482. The lowest BCUT2D eigenvalue weighted by Crippen LogP contribution is -2.26. The largest absolute Gasteiger partial charge is 0.402 e. The summed E-state index contributed by atoms with van der Waals surface area (Å²) in [6.07, 6.45) is 12.7. The van der Waals surface area contributed by atoms with Crippen LogP contribution in [-0.2, 0) is 0 Å². The lowest BCUT2D eigenvalue weighted by Gasteiger charge is -2.34. The zero-order valence-corrected chi connectivity index (χ0v) is 15.8. The van der Waals surface area contributed by atoms with Gasteiger partial charge >= 0.3 is 0 Å². The fourth-order valence-electron chi connectivity index (χ4n) is 3.87. The summed E-state index contributed by atoms with van der Waals surface area (Å²) in [5.41, 5.74) is 10.4. The van der Waals surface area contributed by atoms with Gasteiger partial charge in [0.2, 0.25) is 0 Å². The van der Waals surface area contributed by atoms with Gasteiger partial charge in [-0.1, -0.05) is 68.5 Å². The molecule has 0 saturated heterocycles. The maximum absolute atomic E-state index is 6.09. The van der Waals surface area contributed by atoms with E-state index in [1.165, 1.54) is 50.5 Å². The van der Waals surface area contributed by atoms with E-state index < -0.39 is 0 Å². The van der Waals surface area contributed by atoms with Crippen molar-refractivity contribution in [2.75, 3.05) is 0 Å². The van der Waals surface area contributed by atoms with Gasteiger partial charge < -0.3 is 5.73 Å². The first kappa shape index (κ1) is 20.5. The van der Waals surface area contributed by atoms with Crippen molar-refractivity contribution < 1.29 is 0 Å². The van der Waals surface area contributed by atoms with Crippen LogP contribution in [0.25, 0.3) is 0 Å². The topological polar surface area (TPSA) is 26.0 Å². The fraction of sp³-hybridized carbons (Fsp3) is 0.565. The second kappa shape index (κ2) is 10.4. The molecule has 0 aliphatic heterocycles. The summed E-state index contributed by atoms with van der Waals surface area (Å²) < 4.78 is 0. The van der Waals surface area contributed by atoms with Gasteiger partial charge in [-0.05, 0) is 63.7 Å². The van der Waals surface area contributed by atoms with Gasteiger partial charge in [-0.2, -0.15) is 0 Å². The molecule has 1 saturated carbocycles. The Hall–Kier alpha value is -1.50. The Labute approximate surface area is 150 Å². The van der Waals surface area contributed by atoms with Crippen molar-refractivity contribution in [3.63, 3.8) is 0 Å². The van der Waals surface area contributed by atoms with Gasteiger partial charge in [0, 0.05) is 11.6 Å². The molecular formula is C23H37N. The highest BCUT2D eigenvalue weighted by atomic mass is 14.6. The third-order valence-electron chi connectivity index (χ3n) is 5.64. The molecule has 0 aromatic rings. The molecule has 1 aliphatic rings. The van der Waals surface area contributed by atoms with Gasteiger partial charge in [0.1, 0.15) is 0 Å². The minimum absolute atomic E-state index is 0.508. The van der Waals surface area contributed by atoms with Crippen molar-refractivity contribution in [3.05, 3.63) is 61.4 Å². The van der Waals surface area contributed by atoms with Crippen molar-refractivity contribution in [1.29, 1.82) is 0 Å². The summed E-state index contributed by atoms with van der Waals surface area (Å²) in [7, 11) is 0. The second-order valence-corrected chi connectivity index (χ2v) is 7.65. The molecule has 1 rings (SSSR count). The van der Waals surface area contributed by atoms with Crippen LogP contribution in [0.4, 0.5) is 0 Å². The van der Waals surface area contributed by atoms with Crippen LogP contribution in [0.5, 0.6) is 0 Å². The smallest absolute Gasteiger partial charge is 0.00418 e. The van der Waals surface area contributed by atoms with Crippen LogP contribution < -0.4 is 5.73 Å². The fourth-order valence-corrected chi connectivity index (χ4v) is 3.87. The predicted octanol–water partition coefficient (Wildman–Crippen LogP) is 6.71. The lowest BCUT2D eigenvalue weighted by molar-refractivity contribution is 0.212. The first-order valence-electron chi connectivity index (χ1n) is 9.43. The highest BCUT2D eigenvalue weighted by Crippen LogP contribution is 2.39. The maximum Gasteiger partial charge on any atom is 0.00418 e. The van der Waals surface area contributed by atoms with Crippen molar-refractivity contribution in [3.8, 4) is 0 Å². The average molecular weight is 328 g/mol. The molecule has 0 aromatic carbocycles. The van der Waals surface area contributed by atoms with Crippen LogP contribution in [-0.4, -0.2) is 0 Å². The summed E-state index contributed by atoms with van der Waals surface area (Å²) in [6, 6.07) is 0. The first-order valence-corrected chi connectivity index (χ1v) is 9.43. The standard InChI is InChI=1S/C23H37N/c1-7-18(4)12-14-21(15-13-19(5)17(2)3)16-22-10-8-9-11-23(22)20(6)24/h7,21-23H,1-2,4-6,8-16,24H2,3H3. The molecule has 1 fully saturated rings. The Balaban J connectivity index is 2.69. The number of hydrogen-bond donors (Lipinski definition) is 1. The minimum Gasteiger partial charge on any atom is -0.402 e. The van der Waals surface area contributed by atoms with Gasteiger partial charge in [0.25, 0.3) is 0 Å². The van der Waals surface area contributed by atoms with Crippen LogP contribution in [0.2, 0.25) is 0 Å². The highest BCUT2D eigenvalue weighted by molar-refractivity contribution is 5.22. The van der Waals surface area contributed by atoms with Gasteiger partial charge in [-0.25, -0.2) is 0 Å². The molecule has 0 spiro atoms. The second-order valence-electron chi connectivity index (χ2n) is 7.65. The van der Waals surface area contributed by atoms with E-state index in [-0.39, 0.29) is 0 Å². The molecule has 3 atom stereocenters. The molecule has 2 N–H and O–H groups in total. The van der Waals surface area contributed by atoms with E-state index in [0.29, 0.717) is 17.8 Å². The SMILES string of the molecule is C=CC(=C)CCC(CCC(=C)C(=C)C)CC1CCCCC1C(=C)N. The summed E-state index contributed by atoms with van der Waals surface area (Å²) >= 11 is 0. The van der Waals surface area contributed by atoms with Gasteiger partial charge in [0.15, 0.2) is 0 Å². The third kappa shape index (κ3) is 6.95. The van der Waals surface area contributed by atoms with E-state index in [9.17, 15) is 0 Å². The Kier molecular flexibility index (Phi) is 8.89. The van der Waals surface area contributed by atoms with Gasteiger partial charge in [-0.15, -0.1) is 0 Å². The molecule has 0 heterocycles. The van der Waals surface area contributed by atoms with E-state index in [0.717, 1.165) is 29.7 Å². The molecule has 0 radical (unpaired) electrons. The molecule has 0 amide bonds. The third-order valence-corrected chi connectivity index (χ3v) is 5.64. The average Bonchev–Trinajstić information content (AvgIpc) is 2.56. The molecule has 1 heteroatoms. The van der Waals surface area contributed by atoms with E-state index >= 15 is 0 Å². The van der Waals surface area contributed by atoms with Crippen LogP contribution >= 0.6 is 0 Å². The van der Waals surface area contributed by atoms with Crippen molar-refractivity contribution in [2.45, 2.75) is 64.7 Å². The Morgan fingerprint density at radius 1 is 1.08 bits per heavy atom. The van der Waals surface area contributed by atoms with E-state index in [2.05, 4.69) is 32.9 Å². The number of hydrogen-bond acceptors (Lipinski definition) is 1. The Morgan fingerprint density at radius 2 is 1.71 bits per heavy atom. The number of rotatable bonds is 11. The highest BCUT2D eigenvalue weighted by Gasteiger charge is 2.28. The molecule has 0 bridgehead atoms. The molecule has 134 valence electrons.